The second kappa shape index (κ2) is 20.8. The number of halogens is 3. The molecule has 364 valence electrons. The summed E-state index contributed by atoms with van der Waals surface area (Å²) >= 11 is 0. The number of carboxylic acid groups (broad SMARTS) is 2. The van der Waals surface area contributed by atoms with Crippen molar-refractivity contribution in [2.45, 2.75) is 96.2 Å². The third-order valence-electron chi connectivity index (χ3n) is 11.5. The number of likely N-dealkylation sites (N-methyl/N-ethyl adjacent to an activating group) is 1. The molecule has 0 bridgehead atoms. The molecule has 2 fully saturated rings. The number of ether oxygens (including phenoxy) is 2. The first-order valence-electron chi connectivity index (χ1n) is 21.9. The first-order chi connectivity index (χ1) is 32.1. The Hall–Kier alpha value is -7.10. The monoisotopic (exact) mass is 948 g/mol. The van der Waals surface area contributed by atoms with Gasteiger partial charge < -0.3 is 44.8 Å². The van der Waals surface area contributed by atoms with Crippen molar-refractivity contribution < 1.29 is 56.8 Å². The van der Waals surface area contributed by atoms with E-state index in [-0.39, 0.29) is 36.4 Å². The van der Waals surface area contributed by atoms with E-state index < -0.39 is 42.0 Å². The Labute approximate surface area is 389 Å². The van der Waals surface area contributed by atoms with E-state index in [0.29, 0.717) is 35.9 Å². The number of alkyl carbamates (subject to hydrolysis) is 1. The highest BCUT2D eigenvalue weighted by Crippen LogP contribution is 2.35. The van der Waals surface area contributed by atoms with Crippen molar-refractivity contribution in [1.82, 2.24) is 49.9 Å². The molecule has 2 aromatic carbocycles. The van der Waals surface area contributed by atoms with Crippen LogP contribution in [-0.4, -0.2) is 143 Å². The summed E-state index contributed by atoms with van der Waals surface area (Å²) in [6, 6.07) is 11.5. The lowest BCUT2D eigenvalue weighted by molar-refractivity contribution is -0.192. The molecule has 5 N–H and O–H groups in total. The molecule has 22 heteroatoms. The highest BCUT2D eigenvalue weighted by molar-refractivity contribution is 5.87. The Morgan fingerprint density at radius 1 is 0.838 bits per heavy atom. The number of nitrogens with one attached hydrogen (secondary N) is 3. The lowest BCUT2D eigenvalue weighted by Crippen LogP contribution is -2.51. The van der Waals surface area contributed by atoms with Gasteiger partial charge in [0, 0.05) is 43.0 Å². The third-order valence-corrected chi connectivity index (χ3v) is 11.5. The van der Waals surface area contributed by atoms with Gasteiger partial charge in [-0.05, 0) is 64.5 Å². The molecule has 0 spiro atoms. The SMILES string of the molecule is COC(=O)N[C@@H](COC(C)(C)C)C(=O)N1CCC[C@H]1c1ncc(-c2ccc3nc(-c4ccc(-c5c[nH]c([C@@H]6CCCN6C(=O)[C@H](C(C)C)N(C)C(=O)O)n5)cc4)cnc3c2)[nH]1.O=C(O)C(F)(F)F. The summed E-state index contributed by atoms with van der Waals surface area (Å²) in [5, 5.41) is 19.4. The van der Waals surface area contributed by atoms with E-state index in [1.54, 1.807) is 22.2 Å². The van der Waals surface area contributed by atoms with E-state index >= 15 is 0 Å². The van der Waals surface area contributed by atoms with Crippen LogP contribution in [0.15, 0.2) is 61.1 Å². The lowest BCUT2D eigenvalue weighted by atomic mass is 10.0. The molecule has 4 amide bonds. The van der Waals surface area contributed by atoms with Crippen LogP contribution in [0.25, 0.3) is 44.8 Å². The highest BCUT2D eigenvalue weighted by Gasteiger charge is 2.41. The quantitative estimate of drug-likeness (QED) is 0.0830. The van der Waals surface area contributed by atoms with Gasteiger partial charge in [0.2, 0.25) is 11.8 Å². The molecule has 0 radical (unpaired) electrons. The van der Waals surface area contributed by atoms with Gasteiger partial charge in [0.15, 0.2) is 0 Å². The fraction of sp³-hybridized carbons (Fsp3) is 0.457. The van der Waals surface area contributed by atoms with E-state index in [1.807, 2.05) is 83.3 Å². The number of fused-ring (bicyclic) bond motifs is 1. The number of carbonyl (C=O) groups is 5. The summed E-state index contributed by atoms with van der Waals surface area (Å²) < 4.78 is 42.4. The number of alkyl halides is 3. The number of carboxylic acids is 1. The highest BCUT2D eigenvalue weighted by atomic mass is 19.4. The Balaban J connectivity index is 0.00000101. The minimum Gasteiger partial charge on any atom is -0.475 e. The lowest BCUT2D eigenvalue weighted by Gasteiger charge is -2.33. The standard InChI is InChI=1S/C44H54N10O7.C2HF3O2/c1-25(2)37(52(6)43(58)59)41(56)54-19-9-11-36(54)39-46-22-32(49-39)27-14-12-26(13-15-27)31-21-45-30-20-28(16-17-29(30)48-31)33-23-47-38(50-33)35-10-8-18-53(35)40(55)34(51-42(57)60-7)24-61-44(3,4)5;3-2(4,5)1(6)7/h12-17,20-23,25,34-37H,8-11,18-19,24H2,1-7H3,(H,46,49)(H,47,50)(H,51,57)(H,58,59);(H,6,7)/t34-,35-,36-,37-;/m0./s1. The van der Waals surface area contributed by atoms with Gasteiger partial charge in [-0.3, -0.25) is 19.5 Å². The zero-order chi connectivity index (χ0) is 49.7. The van der Waals surface area contributed by atoms with Gasteiger partial charge in [0.05, 0.1) is 71.9 Å². The largest absolute Gasteiger partial charge is 0.490 e. The molecule has 7 rings (SSSR count). The van der Waals surface area contributed by atoms with Crippen LogP contribution in [0.5, 0.6) is 0 Å². The van der Waals surface area contributed by atoms with Gasteiger partial charge in [-0.25, -0.2) is 29.3 Å². The van der Waals surface area contributed by atoms with E-state index in [9.17, 15) is 37.5 Å². The maximum Gasteiger partial charge on any atom is 0.490 e. The predicted octanol–water partition coefficient (Wildman–Crippen LogP) is 7.21. The van der Waals surface area contributed by atoms with Crippen LogP contribution < -0.4 is 5.32 Å². The van der Waals surface area contributed by atoms with E-state index in [2.05, 4.69) is 20.3 Å². The summed E-state index contributed by atoms with van der Waals surface area (Å²) in [5.41, 5.74) is 5.80. The number of hydrogen-bond donors (Lipinski definition) is 5. The van der Waals surface area contributed by atoms with Crippen LogP contribution in [0.4, 0.5) is 22.8 Å². The molecule has 0 saturated carbocycles. The summed E-state index contributed by atoms with van der Waals surface area (Å²) in [6.07, 6.45) is 1.46. The second-order valence-corrected chi connectivity index (χ2v) is 17.8. The number of nitrogens with zero attached hydrogens (tertiary/aromatic N) is 7. The second-order valence-electron chi connectivity index (χ2n) is 17.8. The molecule has 0 unspecified atom stereocenters. The normalized spacial score (nSPS) is 17.1. The zero-order valence-corrected chi connectivity index (χ0v) is 38.6. The minimum absolute atomic E-state index is 0.00385. The Bertz CT molecular complexity index is 2610. The number of H-pyrrole nitrogens is 2. The smallest absolute Gasteiger partial charge is 0.475 e. The molecular weight excluding hydrogens is 894 g/mol. The summed E-state index contributed by atoms with van der Waals surface area (Å²) in [7, 11) is 2.70. The van der Waals surface area contributed by atoms with Crippen molar-refractivity contribution in [2.24, 2.45) is 5.92 Å². The number of amides is 4. The first-order valence-corrected chi connectivity index (χ1v) is 21.9. The maximum atomic E-state index is 13.8. The molecule has 2 aliphatic heterocycles. The minimum atomic E-state index is -5.08. The maximum absolute atomic E-state index is 13.8. The van der Waals surface area contributed by atoms with Gasteiger partial charge >= 0.3 is 24.3 Å². The van der Waals surface area contributed by atoms with Crippen LogP contribution in [0, 0.1) is 5.92 Å². The number of likely N-dealkylation sites (tertiary alicyclic amines) is 2. The molecule has 2 aliphatic rings. The third kappa shape index (κ3) is 11.9. The van der Waals surface area contributed by atoms with E-state index in [1.165, 1.54) is 14.2 Å². The summed E-state index contributed by atoms with van der Waals surface area (Å²) in [5.74, 6) is -2.08. The van der Waals surface area contributed by atoms with Crippen LogP contribution >= 0.6 is 0 Å². The molecule has 3 aromatic heterocycles. The number of carbonyl (C=O) groups excluding carboxylic acids is 3. The first kappa shape index (κ1) is 50.3. The van der Waals surface area contributed by atoms with E-state index in [0.717, 1.165) is 64.2 Å². The average Bonchev–Trinajstić information content (AvgIpc) is 4.14. The van der Waals surface area contributed by atoms with Crippen LogP contribution in [0.2, 0.25) is 0 Å². The van der Waals surface area contributed by atoms with Crippen LogP contribution in [-0.2, 0) is 23.9 Å². The molecule has 5 heterocycles. The number of hydrogen-bond acceptors (Lipinski definition) is 11. The molecule has 2 saturated heterocycles. The number of rotatable bonds is 12. The van der Waals surface area contributed by atoms with Crippen LogP contribution in [0.1, 0.15) is 84.0 Å². The molecule has 0 aliphatic carbocycles. The molecule has 4 atom stereocenters. The van der Waals surface area contributed by atoms with Gasteiger partial charge in [-0.2, -0.15) is 13.2 Å². The number of benzene rings is 2. The molecule has 5 aromatic rings. The van der Waals surface area contributed by atoms with Gasteiger partial charge in [0.25, 0.3) is 0 Å². The fourth-order valence-corrected chi connectivity index (χ4v) is 8.16. The average molecular weight is 949 g/mol. The number of methoxy groups -OCH3 is 1. The summed E-state index contributed by atoms with van der Waals surface area (Å²) in [6.45, 7) is 10.4. The van der Waals surface area contributed by atoms with Gasteiger partial charge in [0.1, 0.15) is 23.7 Å². The number of aromatic nitrogens is 6. The van der Waals surface area contributed by atoms with E-state index in [4.69, 9.17) is 34.3 Å². The molecule has 19 nitrogen and oxygen atoms in total. The molecular formula is C46H55F3N10O9. The fourth-order valence-electron chi connectivity index (χ4n) is 8.16. The number of aliphatic carboxylic acids is 1. The van der Waals surface area contributed by atoms with Crippen LogP contribution in [0.3, 0.4) is 0 Å². The van der Waals surface area contributed by atoms with Crippen molar-refractivity contribution in [3.05, 3.63) is 72.7 Å². The van der Waals surface area contributed by atoms with Crippen molar-refractivity contribution in [3.63, 3.8) is 0 Å². The number of imidazole rings is 2. The molecule has 68 heavy (non-hydrogen) atoms. The van der Waals surface area contributed by atoms with Crippen molar-refractivity contribution in [3.8, 4) is 33.8 Å². The van der Waals surface area contributed by atoms with Crippen molar-refractivity contribution in [1.29, 1.82) is 0 Å². The van der Waals surface area contributed by atoms with Crippen molar-refractivity contribution >= 4 is 41.0 Å². The zero-order valence-electron chi connectivity index (χ0n) is 38.6. The van der Waals surface area contributed by atoms with Crippen molar-refractivity contribution in [2.75, 3.05) is 33.9 Å². The predicted molar refractivity (Wildman–Crippen MR) is 241 cm³/mol. The Morgan fingerprint density at radius 3 is 2.00 bits per heavy atom. The topological polar surface area (TPSA) is 249 Å². The Morgan fingerprint density at radius 2 is 1.43 bits per heavy atom. The Kier molecular flexibility index (Phi) is 15.4. The summed E-state index contributed by atoms with van der Waals surface area (Å²) in [4.78, 5) is 90.6. The van der Waals surface area contributed by atoms with Gasteiger partial charge in [-0.15, -0.1) is 0 Å². The van der Waals surface area contributed by atoms with Gasteiger partial charge in [-0.1, -0.05) is 44.2 Å². The number of aromatic amines is 2.